The van der Waals surface area contributed by atoms with Crippen molar-refractivity contribution >= 4 is 11.6 Å². The Labute approximate surface area is 125 Å². The van der Waals surface area contributed by atoms with E-state index in [4.69, 9.17) is 5.73 Å². The van der Waals surface area contributed by atoms with Crippen molar-refractivity contribution in [1.82, 2.24) is 14.7 Å². The van der Waals surface area contributed by atoms with Crippen LogP contribution in [-0.4, -0.2) is 33.2 Å². The molecule has 0 bridgehead atoms. The summed E-state index contributed by atoms with van der Waals surface area (Å²) in [5.74, 6) is -0.0268. The molecule has 1 amide bonds. The summed E-state index contributed by atoms with van der Waals surface area (Å²) in [5.41, 5.74) is 7.73. The molecule has 112 valence electrons. The van der Waals surface area contributed by atoms with Gasteiger partial charge in [-0.1, -0.05) is 6.92 Å². The minimum Gasteiger partial charge on any atom is -0.399 e. The summed E-state index contributed by atoms with van der Waals surface area (Å²) in [6.45, 7) is 6.84. The van der Waals surface area contributed by atoms with Gasteiger partial charge in [-0.15, -0.1) is 0 Å². The van der Waals surface area contributed by atoms with Crippen LogP contribution in [0.15, 0.2) is 36.5 Å². The summed E-state index contributed by atoms with van der Waals surface area (Å²) in [7, 11) is 0. The zero-order valence-corrected chi connectivity index (χ0v) is 12.8. The van der Waals surface area contributed by atoms with E-state index in [2.05, 4.69) is 12.0 Å². The largest absolute Gasteiger partial charge is 0.399 e. The van der Waals surface area contributed by atoms with Crippen molar-refractivity contribution in [1.29, 1.82) is 0 Å². The number of carbonyl (C=O) groups is 1. The molecule has 0 radical (unpaired) electrons. The minimum atomic E-state index is -0.0268. The lowest BCUT2D eigenvalue weighted by atomic mass is 10.2. The highest BCUT2D eigenvalue weighted by molar-refractivity contribution is 5.92. The van der Waals surface area contributed by atoms with Gasteiger partial charge in [0.15, 0.2) is 5.69 Å². The van der Waals surface area contributed by atoms with Crippen molar-refractivity contribution in [3.05, 3.63) is 42.2 Å². The number of nitrogens with two attached hydrogens (primary N) is 1. The van der Waals surface area contributed by atoms with Crippen molar-refractivity contribution in [3.8, 4) is 5.69 Å². The Balaban J connectivity index is 2.22. The Morgan fingerprint density at radius 2 is 1.95 bits per heavy atom. The molecule has 0 saturated carbocycles. The van der Waals surface area contributed by atoms with E-state index in [1.807, 2.05) is 43.0 Å². The number of amides is 1. The number of rotatable bonds is 5. The molecule has 0 fully saturated rings. The zero-order chi connectivity index (χ0) is 15.4. The van der Waals surface area contributed by atoms with Gasteiger partial charge in [-0.25, -0.2) is 4.68 Å². The molecule has 1 aromatic carbocycles. The van der Waals surface area contributed by atoms with Gasteiger partial charge in [0.05, 0.1) is 5.69 Å². The molecule has 0 unspecified atom stereocenters. The monoisotopic (exact) mass is 286 g/mol. The van der Waals surface area contributed by atoms with Gasteiger partial charge in [0.25, 0.3) is 5.91 Å². The van der Waals surface area contributed by atoms with Gasteiger partial charge in [0.1, 0.15) is 0 Å². The molecular formula is C16H22N4O. The molecule has 0 atom stereocenters. The number of hydrogen-bond donors (Lipinski definition) is 1. The van der Waals surface area contributed by atoms with E-state index in [9.17, 15) is 4.79 Å². The van der Waals surface area contributed by atoms with Gasteiger partial charge in [0.2, 0.25) is 0 Å². The second-order valence-electron chi connectivity index (χ2n) is 5.33. The fourth-order valence-electron chi connectivity index (χ4n) is 2.19. The molecule has 0 aliphatic rings. The number of aromatic nitrogens is 2. The SMILES string of the molecule is CCCN(C(=O)c1ccn(-c2ccc(N)cc2)n1)C(C)C. The fraction of sp³-hybridized carbons (Fsp3) is 0.375. The molecule has 5 nitrogen and oxygen atoms in total. The predicted molar refractivity (Wildman–Crippen MR) is 84.4 cm³/mol. The van der Waals surface area contributed by atoms with Crippen LogP contribution in [-0.2, 0) is 0 Å². The Morgan fingerprint density at radius 3 is 2.52 bits per heavy atom. The summed E-state index contributed by atoms with van der Waals surface area (Å²) >= 11 is 0. The van der Waals surface area contributed by atoms with Crippen LogP contribution in [0.2, 0.25) is 0 Å². The van der Waals surface area contributed by atoms with Gasteiger partial charge < -0.3 is 10.6 Å². The van der Waals surface area contributed by atoms with Gasteiger partial charge in [0, 0.05) is 24.5 Å². The van der Waals surface area contributed by atoms with E-state index in [1.54, 1.807) is 16.9 Å². The van der Waals surface area contributed by atoms with Crippen LogP contribution in [0.5, 0.6) is 0 Å². The maximum absolute atomic E-state index is 12.5. The Bertz CT molecular complexity index is 601. The highest BCUT2D eigenvalue weighted by atomic mass is 16.2. The summed E-state index contributed by atoms with van der Waals surface area (Å²) in [6, 6.07) is 9.31. The molecule has 21 heavy (non-hydrogen) atoms. The molecule has 0 aliphatic heterocycles. The second-order valence-corrected chi connectivity index (χ2v) is 5.33. The number of hydrogen-bond acceptors (Lipinski definition) is 3. The van der Waals surface area contributed by atoms with Crippen molar-refractivity contribution in [2.45, 2.75) is 33.2 Å². The molecule has 2 aromatic rings. The average Bonchev–Trinajstić information content (AvgIpc) is 2.94. The molecule has 0 aliphatic carbocycles. The highest BCUT2D eigenvalue weighted by Gasteiger charge is 2.20. The van der Waals surface area contributed by atoms with Crippen molar-refractivity contribution in [2.24, 2.45) is 0 Å². The second kappa shape index (κ2) is 6.43. The summed E-state index contributed by atoms with van der Waals surface area (Å²) in [6.07, 6.45) is 2.73. The lowest BCUT2D eigenvalue weighted by molar-refractivity contribution is 0.0699. The van der Waals surface area contributed by atoms with Crippen LogP contribution in [0.4, 0.5) is 5.69 Å². The van der Waals surface area contributed by atoms with Crippen LogP contribution in [0.1, 0.15) is 37.7 Å². The van der Waals surface area contributed by atoms with Gasteiger partial charge >= 0.3 is 0 Å². The predicted octanol–water partition coefficient (Wildman–Crippen LogP) is 2.72. The van der Waals surface area contributed by atoms with Gasteiger partial charge in [-0.3, -0.25) is 4.79 Å². The number of benzene rings is 1. The number of carbonyl (C=O) groups excluding carboxylic acids is 1. The maximum Gasteiger partial charge on any atom is 0.274 e. The van der Waals surface area contributed by atoms with E-state index in [-0.39, 0.29) is 11.9 Å². The van der Waals surface area contributed by atoms with Crippen LogP contribution in [0.25, 0.3) is 5.69 Å². The third kappa shape index (κ3) is 3.42. The van der Waals surface area contributed by atoms with E-state index in [0.717, 1.165) is 18.7 Å². The van der Waals surface area contributed by atoms with Crippen molar-refractivity contribution in [3.63, 3.8) is 0 Å². The van der Waals surface area contributed by atoms with Crippen molar-refractivity contribution in [2.75, 3.05) is 12.3 Å². The molecule has 2 N–H and O–H groups in total. The number of nitrogens with zero attached hydrogens (tertiary/aromatic N) is 3. The molecule has 0 spiro atoms. The molecule has 1 aromatic heterocycles. The standard InChI is InChI=1S/C16H22N4O/c1-4-10-19(12(2)3)16(21)15-9-11-20(18-15)14-7-5-13(17)6-8-14/h5-9,11-12H,4,10,17H2,1-3H3. The smallest absolute Gasteiger partial charge is 0.274 e. The molecule has 0 saturated heterocycles. The Hall–Kier alpha value is -2.30. The first kappa shape index (κ1) is 15.1. The van der Waals surface area contributed by atoms with Crippen LogP contribution in [0.3, 0.4) is 0 Å². The highest BCUT2D eigenvalue weighted by Crippen LogP contribution is 2.13. The molecular weight excluding hydrogens is 264 g/mol. The maximum atomic E-state index is 12.5. The van der Waals surface area contributed by atoms with Gasteiger partial charge in [-0.2, -0.15) is 5.10 Å². The van der Waals surface area contributed by atoms with E-state index >= 15 is 0 Å². The minimum absolute atomic E-state index is 0.0268. The van der Waals surface area contributed by atoms with Gasteiger partial charge in [-0.05, 0) is 50.6 Å². The first-order valence-corrected chi connectivity index (χ1v) is 7.25. The summed E-state index contributed by atoms with van der Waals surface area (Å²) in [5, 5.41) is 4.38. The topological polar surface area (TPSA) is 64.2 Å². The lowest BCUT2D eigenvalue weighted by Gasteiger charge is -2.25. The number of nitrogen functional groups attached to an aromatic ring is 1. The summed E-state index contributed by atoms with van der Waals surface area (Å²) < 4.78 is 1.69. The molecule has 1 heterocycles. The van der Waals surface area contributed by atoms with Crippen molar-refractivity contribution < 1.29 is 4.79 Å². The zero-order valence-electron chi connectivity index (χ0n) is 12.8. The Morgan fingerprint density at radius 1 is 1.29 bits per heavy atom. The summed E-state index contributed by atoms with van der Waals surface area (Å²) in [4.78, 5) is 14.3. The van der Waals surface area contributed by atoms with E-state index in [0.29, 0.717) is 11.4 Å². The quantitative estimate of drug-likeness (QED) is 0.859. The Kier molecular flexibility index (Phi) is 4.62. The first-order chi connectivity index (χ1) is 10.0. The fourth-order valence-corrected chi connectivity index (χ4v) is 2.19. The normalized spacial score (nSPS) is 10.9. The average molecular weight is 286 g/mol. The van der Waals surface area contributed by atoms with E-state index < -0.39 is 0 Å². The third-order valence-corrected chi connectivity index (χ3v) is 3.31. The van der Waals surface area contributed by atoms with E-state index in [1.165, 1.54) is 0 Å². The van der Waals surface area contributed by atoms with Crippen LogP contribution >= 0.6 is 0 Å². The first-order valence-electron chi connectivity index (χ1n) is 7.25. The lowest BCUT2D eigenvalue weighted by Crippen LogP contribution is -2.37. The molecule has 5 heteroatoms. The van der Waals surface area contributed by atoms with Crippen LogP contribution < -0.4 is 5.73 Å². The van der Waals surface area contributed by atoms with Crippen LogP contribution in [0, 0.1) is 0 Å². The number of anilines is 1. The molecule has 2 rings (SSSR count). The third-order valence-electron chi connectivity index (χ3n) is 3.31.